The lowest BCUT2D eigenvalue weighted by atomic mass is 9.87. The number of aryl methyl sites for hydroxylation is 1. The molecular formula is C22H22ClFN4O3. The highest BCUT2D eigenvalue weighted by atomic mass is 35.5. The number of carbonyl (C=O) groups excluding carboxylic acids is 3. The van der Waals surface area contributed by atoms with E-state index >= 15 is 0 Å². The van der Waals surface area contributed by atoms with Crippen LogP contribution in [0.1, 0.15) is 24.0 Å². The van der Waals surface area contributed by atoms with Crippen LogP contribution in [0.25, 0.3) is 0 Å². The van der Waals surface area contributed by atoms with Crippen LogP contribution in [-0.2, 0) is 11.3 Å². The molecule has 2 aliphatic rings. The third-order valence-electron chi connectivity index (χ3n) is 5.78. The van der Waals surface area contributed by atoms with Crippen molar-refractivity contribution in [2.45, 2.75) is 31.8 Å². The highest BCUT2D eigenvalue weighted by Crippen LogP contribution is 2.31. The van der Waals surface area contributed by atoms with Gasteiger partial charge in [0.1, 0.15) is 11.4 Å². The van der Waals surface area contributed by atoms with Crippen molar-refractivity contribution in [3.05, 3.63) is 64.4 Å². The molecule has 5 amide bonds. The first-order valence-electron chi connectivity index (χ1n) is 9.98. The van der Waals surface area contributed by atoms with Crippen molar-refractivity contribution in [3.63, 3.8) is 0 Å². The molecule has 2 aromatic carbocycles. The summed E-state index contributed by atoms with van der Waals surface area (Å²) in [6, 6.07) is 10.8. The third kappa shape index (κ3) is 4.20. The molecule has 162 valence electrons. The molecule has 31 heavy (non-hydrogen) atoms. The Kier molecular flexibility index (Phi) is 5.58. The van der Waals surface area contributed by atoms with Gasteiger partial charge in [-0.15, -0.1) is 0 Å². The summed E-state index contributed by atoms with van der Waals surface area (Å²) < 4.78 is 13.3. The van der Waals surface area contributed by atoms with Crippen LogP contribution in [0.3, 0.4) is 0 Å². The highest BCUT2D eigenvalue weighted by molar-refractivity contribution is 6.31. The molecule has 1 spiro atoms. The fraction of sp³-hybridized carbons (Fsp3) is 0.318. The first-order chi connectivity index (χ1) is 14.8. The molecule has 0 bridgehead atoms. The summed E-state index contributed by atoms with van der Waals surface area (Å²) >= 11 is 5.75. The number of anilines is 1. The maximum absolute atomic E-state index is 13.3. The molecule has 2 N–H and O–H groups in total. The minimum atomic E-state index is -0.988. The Bertz CT molecular complexity index is 1040. The number of urea groups is 2. The Morgan fingerprint density at radius 2 is 1.84 bits per heavy atom. The number of rotatable bonds is 3. The van der Waals surface area contributed by atoms with Gasteiger partial charge in [-0.1, -0.05) is 41.4 Å². The molecule has 2 heterocycles. The molecule has 0 unspecified atom stereocenters. The standard InChI is InChI=1S/C22H22ClFN4O3/c1-14-2-4-15(5-3-14)13-28-19(29)22(26-21(28)31)8-10-27(11-9-22)20(30)25-16-6-7-18(24)17(23)12-16/h2-7,12H,8-11,13H2,1H3,(H,25,30)(H,26,31). The quantitative estimate of drug-likeness (QED) is 0.704. The number of imide groups is 1. The van der Waals surface area contributed by atoms with Crippen molar-refractivity contribution in [1.82, 2.24) is 15.1 Å². The molecule has 4 rings (SSSR count). The van der Waals surface area contributed by atoms with Gasteiger partial charge in [-0.05, 0) is 43.5 Å². The molecule has 0 saturated carbocycles. The van der Waals surface area contributed by atoms with Crippen molar-refractivity contribution in [2.24, 2.45) is 0 Å². The summed E-state index contributed by atoms with van der Waals surface area (Å²) in [6.45, 7) is 2.78. The minimum absolute atomic E-state index is 0.0803. The number of benzene rings is 2. The van der Waals surface area contributed by atoms with E-state index in [1.54, 1.807) is 4.90 Å². The van der Waals surface area contributed by atoms with Gasteiger partial charge in [0.15, 0.2) is 0 Å². The van der Waals surface area contributed by atoms with Crippen molar-refractivity contribution < 1.29 is 18.8 Å². The van der Waals surface area contributed by atoms with E-state index in [1.807, 2.05) is 31.2 Å². The van der Waals surface area contributed by atoms with Gasteiger partial charge in [-0.3, -0.25) is 9.69 Å². The molecule has 0 aromatic heterocycles. The van der Waals surface area contributed by atoms with Crippen LogP contribution >= 0.6 is 11.6 Å². The van der Waals surface area contributed by atoms with Crippen LogP contribution in [0.5, 0.6) is 0 Å². The number of nitrogens with one attached hydrogen (secondary N) is 2. The first kappa shape index (κ1) is 21.1. The summed E-state index contributed by atoms with van der Waals surface area (Å²) in [5.74, 6) is -0.825. The van der Waals surface area contributed by atoms with Gasteiger partial charge >= 0.3 is 12.1 Å². The van der Waals surface area contributed by atoms with E-state index in [4.69, 9.17) is 11.6 Å². The van der Waals surface area contributed by atoms with E-state index in [9.17, 15) is 18.8 Å². The van der Waals surface area contributed by atoms with Crippen molar-refractivity contribution >= 4 is 35.3 Å². The van der Waals surface area contributed by atoms with Crippen LogP contribution in [0.2, 0.25) is 5.02 Å². The zero-order chi connectivity index (χ0) is 22.2. The number of carbonyl (C=O) groups is 3. The lowest BCUT2D eigenvalue weighted by molar-refractivity contribution is -0.133. The maximum Gasteiger partial charge on any atom is 0.325 e. The number of halogens is 2. The van der Waals surface area contributed by atoms with Crippen molar-refractivity contribution in [1.29, 1.82) is 0 Å². The van der Waals surface area contributed by atoms with E-state index < -0.39 is 17.4 Å². The summed E-state index contributed by atoms with van der Waals surface area (Å²) in [5, 5.41) is 5.44. The SMILES string of the molecule is Cc1ccc(CN2C(=O)NC3(CCN(C(=O)Nc4ccc(F)c(Cl)c4)CC3)C2=O)cc1. The molecule has 2 saturated heterocycles. The minimum Gasteiger partial charge on any atom is -0.324 e. The number of hydrogen-bond donors (Lipinski definition) is 2. The van der Waals surface area contributed by atoms with Crippen LogP contribution in [-0.4, -0.2) is 46.4 Å². The summed E-state index contributed by atoms with van der Waals surface area (Å²) in [4.78, 5) is 40.9. The monoisotopic (exact) mass is 444 g/mol. The van der Waals surface area contributed by atoms with Gasteiger partial charge < -0.3 is 15.5 Å². The number of nitrogens with zero attached hydrogens (tertiary/aromatic N) is 2. The lowest BCUT2D eigenvalue weighted by Gasteiger charge is -2.37. The Morgan fingerprint density at radius 1 is 1.16 bits per heavy atom. The Balaban J connectivity index is 1.38. The van der Waals surface area contributed by atoms with Crippen LogP contribution in [0, 0.1) is 12.7 Å². The van der Waals surface area contributed by atoms with Crippen molar-refractivity contribution in [2.75, 3.05) is 18.4 Å². The fourth-order valence-electron chi connectivity index (χ4n) is 3.90. The second-order valence-electron chi connectivity index (χ2n) is 7.94. The molecule has 0 atom stereocenters. The number of piperidine rings is 1. The molecule has 0 aliphatic carbocycles. The zero-order valence-corrected chi connectivity index (χ0v) is 17.7. The normalized spacial score (nSPS) is 17.8. The van der Waals surface area contributed by atoms with Crippen molar-refractivity contribution in [3.8, 4) is 0 Å². The predicted molar refractivity (Wildman–Crippen MR) is 114 cm³/mol. The van der Waals surface area contributed by atoms with Gasteiger partial charge in [0.05, 0.1) is 11.6 Å². The van der Waals surface area contributed by atoms with Gasteiger partial charge in [0.2, 0.25) is 0 Å². The van der Waals surface area contributed by atoms with E-state index in [1.165, 1.54) is 23.1 Å². The second kappa shape index (κ2) is 8.19. The van der Waals surface area contributed by atoms with Crippen LogP contribution < -0.4 is 10.6 Å². The van der Waals surface area contributed by atoms with E-state index in [0.29, 0.717) is 31.6 Å². The maximum atomic E-state index is 13.3. The number of amides is 5. The summed E-state index contributed by atoms with van der Waals surface area (Å²) in [7, 11) is 0. The first-order valence-corrected chi connectivity index (χ1v) is 10.4. The third-order valence-corrected chi connectivity index (χ3v) is 6.07. The van der Waals surface area contributed by atoms with Gasteiger partial charge in [0, 0.05) is 18.8 Å². The largest absolute Gasteiger partial charge is 0.325 e. The van der Waals surface area contributed by atoms with Gasteiger partial charge in [-0.25, -0.2) is 14.0 Å². The summed E-state index contributed by atoms with van der Waals surface area (Å²) in [6.07, 6.45) is 0.638. The Morgan fingerprint density at radius 3 is 2.48 bits per heavy atom. The molecule has 0 radical (unpaired) electrons. The molecular weight excluding hydrogens is 423 g/mol. The van der Waals surface area contributed by atoms with Crippen LogP contribution in [0.4, 0.5) is 19.7 Å². The molecule has 2 aliphatic heterocycles. The van der Waals surface area contributed by atoms with Crippen LogP contribution in [0.15, 0.2) is 42.5 Å². The van der Waals surface area contributed by atoms with E-state index in [0.717, 1.165) is 11.1 Å². The van der Waals surface area contributed by atoms with Gasteiger partial charge in [-0.2, -0.15) is 0 Å². The molecule has 2 fully saturated rings. The highest BCUT2D eigenvalue weighted by Gasteiger charge is 2.52. The summed E-state index contributed by atoms with van der Waals surface area (Å²) in [5.41, 5.74) is 1.37. The second-order valence-corrected chi connectivity index (χ2v) is 8.34. The molecule has 9 heteroatoms. The zero-order valence-electron chi connectivity index (χ0n) is 17.0. The Hall–Kier alpha value is -3.13. The Labute approximate surface area is 184 Å². The predicted octanol–water partition coefficient (Wildman–Crippen LogP) is 3.91. The average Bonchev–Trinajstić information content (AvgIpc) is 2.97. The molecule has 7 nitrogen and oxygen atoms in total. The lowest BCUT2D eigenvalue weighted by Crippen LogP contribution is -2.56. The topological polar surface area (TPSA) is 81.8 Å². The molecule has 2 aromatic rings. The smallest absolute Gasteiger partial charge is 0.324 e. The fourth-order valence-corrected chi connectivity index (χ4v) is 4.08. The number of hydrogen-bond acceptors (Lipinski definition) is 3. The van der Waals surface area contributed by atoms with E-state index in [-0.39, 0.29) is 23.5 Å². The average molecular weight is 445 g/mol. The number of likely N-dealkylation sites (tertiary alicyclic amines) is 1. The van der Waals surface area contributed by atoms with Gasteiger partial charge in [0.25, 0.3) is 5.91 Å². The van der Waals surface area contributed by atoms with E-state index in [2.05, 4.69) is 10.6 Å².